The van der Waals surface area contributed by atoms with Gasteiger partial charge >= 0.3 is 0 Å². The van der Waals surface area contributed by atoms with E-state index in [9.17, 15) is 0 Å². The third-order valence-corrected chi connectivity index (χ3v) is 11.1. The summed E-state index contributed by atoms with van der Waals surface area (Å²) in [7, 11) is 0. The molecule has 0 amide bonds. The molecule has 0 fully saturated rings. The van der Waals surface area contributed by atoms with Crippen LogP contribution in [0.4, 0.5) is 0 Å². The molecule has 242 valence electrons. The lowest BCUT2D eigenvalue weighted by molar-refractivity contribution is 0.769. The van der Waals surface area contributed by atoms with E-state index >= 15 is 0 Å². The Morgan fingerprint density at radius 3 is 1.79 bits per heavy atom. The largest absolute Gasteiger partial charge is 0.247 e. The van der Waals surface area contributed by atoms with Gasteiger partial charge in [-0.25, -0.2) is 9.50 Å². The van der Waals surface area contributed by atoms with Crippen LogP contribution in [-0.2, 0) is 5.41 Å². The van der Waals surface area contributed by atoms with Crippen molar-refractivity contribution in [2.45, 2.75) is 5.41 Å². The predicted molar refractivity (Wildman–Crippen MR) is 214 cm³/mol. The van der Waals surface area contributed by atoms with Crippen LogP contribution < -0.4 is 0 Å². The van der Waals surface area contributed by atoms with E-state index in [-0.39, 0.29) is 0 Å². The molecule has 1 aliphatic carbocycles. The van der Waals surface area contributed by atoms with Crippen molar-refractivity contribution in [1.29, 1.82) is 0 Å². The van der Waals surface area contributed by atoms with Gasteiger partial charge in [0, 0.05) is 33.5 Å². The van der Waals surface area contributed by atoms with Crippen LogP contribution in [0.2, 0.25) is 0 Å². The first-order valence-corrected chi connectivity index (χ1v) is 17.8. The Labute approximate surface area is 301 Å². The first-order valence-electron chi connectivity index (χ1n) is 17.8. The monoisotopic (exact) mass is 661 g/mol. The average Bonchev–Trinajstić information content (AvgIpc) is 3.74. The summed E-state index contributed by atoms with van der Waals surface area (Å²) < 4.78 is 2.00. The summed E-state index contributed by atoms with van der Waals surface area (Å²) in [4.78, 5) is 5.36. The summed E-state index contributed by atoms with van der Waals surface area (Å²) in [5.74, 6) is 0. The van der Waals surface area contributed by atoms with E-state index in [2.05, 4.69) is 182 Å². The summed E-state index contributed by atoms with van der Waals surface area (Å²) in [5, 5.41) is 9.52. The topological polar surface area (TPSA) is 30.2 Å². The van der Waals surface area contributed by atoms with Gasteiger partial charge in [0.1, 0.15) is 0 Å². The summed E-state index contributed by atoms with van der Waals surface area (Å²) in [6.45, 7) is 0. The van der Waals surface area contributed by atoms with E-state index in [4.69, 9.17) is 10.1 Å². The molecular formula is C49H31N3. The maximum absolute atomic E-state index is 5.36. The SMILES string of the molecule is c1ccc(C2(c3ccccc3)c3ccccc3-c3cc4c(-c5ccc(-c6ccc7c8ccccc8nn7c6)cc5)nc5ccccc5c4cc32)cc1. The number of fused-ring (bicyclic) bond motifs is 9. The molecule has 1 aliphatic rings. The maximum Gasteiger partial charge on any atom is 0.0933 e. The Hall–Kier alpha value is -6.84. The van der Waals surface area contributed by atoms with Crippen LogP contribution in [-0.4, -0.2) is 14.6 Å². The van der Waals surface area contributed by atoms with Crippen molar-refractivity contribution in [3.63, 3.8) is 0 Å². The number of para-hydroxylation sites is 1. The molecule has 0 atom stereocenters. The second-order valence-electron chi connectivity index (χ2n) is 13.8. The molecule has 0 aliphatic heterocycles. The standard InChI is InChI=1S/C49H31N3/c1-3-13-35(14-4-1)49(36-15-5-2-6-16-36)43-20-10-7-17-37(43)41-29-42-40(30-44(41)49)38-18-8-11-21-45(38)50-48(42)33-25-23-32(24-26-33)34-27-28-47-39-19-9-12-22-46(39)51-52(47)31-34/h1-31H. The maximum atomic E-state index is 5.36. The van der Waals surface area contributed by atoms with Gasteiger partial charge in [0.05, 0.1) is 27.7 Å². The number of hydrogen-bond donors (Lipinski definition) is 0. The fourth-order valence-corrected chi connectivity index (χ4v) is 8.78. The van der Waals surface area contributed by atoms with E-state index in [1.165, 1.54) is 38.8 Å². The van der Waals surface area contributed by atoms with E-state index < -0.39 is 5.41 Å². The number of pyridine rings is 2. The number of rotatable bonds is 4. The van der Waals surface area contributed by atoms with E-state index in [1.54, 1.807) is 0 Å². The molecule has 0 saturated carbocycles. The van der Waals surface area contributed by atoms with Crippen molar-refractivity contribution in [3.8, 4) is 33.5 Å². The highest BCUT2D eigenvalue weighted by Gasteiger charge is 2.46. The van der Waals surface area contributed by atoms with Crippen molar-refractivity contribution >= 4 is 38.1 Å². The number of aromatic nitrogens is 3. The third kappa shape index (κ3) is 4.08. The van der Waals surface area contributed by atoms with E-state index in [0.717, 1.165) is 55.1 Å². The molecule has 10 aromatic rings. The Morgan fingerprint density at radius 2 is 1.02 bits per heavy atom. The smallest absolute Gasteiger partial charge is 0.0933 e. The Bertz CT molecular complexity index is 2960. The minimum Gasteiger partial charge on any atom is -0.247 e. The van der Waals surface area contributed by atoms with Crippen molar-refractivity contribution in [3.05, 3.63) is 210 Å². The molecule has 0 unspecified atom stereocenters. The van der Waals surface area contributed by atoms with E-state index in [1.807, 2.05) is 10.6 Å². The fourth-order valence-electron chi connectivity index (χ4n) is 8.78. The minimum atomic E-state index is -0.462. The van der Waals surface area contributed by atoms with Gasteiger partial charge in [-0.15, -0.1) is 0 Å². The first-order chi connectivity index (χ1) is 25.8. The number of benzene rings is 7. The van der Waals surface area contributed by atoms with Crippen molar-refractivity contribution in [2.75, 3.05) is 0 Å². The lowest BCUT2D eigenvalue weighted by Crippen LogP contribution is -2.28. The van der Waals surface area contributed by atoms with Crippen LogP contribution in [0.25, 0.3) is 71.6 Å². The third-order valence-electron chi connectivity index (χ3n) is 11.1. The summed E-state index contributed by atoms with van der Waals surface area (Å²) >= 11 is 0. The quantitative estimate of drug-likeness (QED) is 0.176. The van der Waals surface area contributed by atoms with Gasteiger partial charge in [-0.1, -0.05) is 152 Å². The zero-order valence-corrected chi connectivity index (χ0v) is 28.2. The molecule has 0 bridgehead atoms. The van der Waals surface area contributed by atoms with E-state index in [0.29, 0.717) is 0 Å². The normalized spacial score (nSPS) is 13.2. The van der Waals surface area contributed by atoms with Gasteiger partial charge < -0.3 is 0 Å². The predicted octanol–water partition coefficient (Wildman–Crippen LogP) is 11.9. The molecule has 3 heterocycles. The van der Waals surface area contributed by atoms with Crippen LogP contribution >= 0.6 is 0 Å². The first kappa shape index (κ1) is 28.9. The molecule has 3 nitrogen and oxygen atoms in total. The van der Waals surface area contributed by atoms with Crippen LogP contribution in [0.5, 0.6) is 0 Å². The van der Waals surface area contributed by atoms with Crippen molar-refractivity contribution < 1.29 is 0 Å². The fraction of sp³-hybridized carbons (Fsp3) is 0.0204. The molecule has 3 aromatic heterocycles. The zero-order chi connectivity index (χ0) is 34.2. The Morgan fingerprint density at radius 1 is 0.404 bits per heavy atom. The van der Waals surface area contributed by atoms with Crippen LogP contribution in [0.1, 0.15) is 22.3 Å². The summed E-state index contributed by atoms with van der Waals surface area (Å²) in [6.07, 6.45) is 2.13. The van der Waals surface area contributed by atoms with Gasteiger partial charge in [-0.05, 0) is 74.7 Å². The van der Waals surface area contributed by atoms with Crippen LogP contribution in [0.3, 0.4) is 0 Å². The van der Waals surface area contributed by atoms with Gasteiger partial charge in [-0.2, -0.15) is 5.10 Å². The molecule has 7 aromatic carbocycles. The van der Waals surface area contributed by atoms with Crippen LogP contribution in [0.15, 0.2) is 188 Å². The second kappa shape index (κ2) is 11.1. The van der Waals surface area contributed by atoms with Crippen LogP contribution in [0, 0.1) is 0 Å². The lowest BCUT2D eigenvalue weighted by Gasteiger charge is -2.34. The molecule has 3 heteroatoms. The van der Waals surface area contributed by atoms with Gasteiger partial charge in [0.2, 0.25) is 0 Å². The highest BCUT2D eigenvalue weighted by Crippen LogP contribution is 2.57. The van der Waals surface area contributed by atoms with Gasteiger partial charge in [0.15, 0.2) is 0 Å². The second-order valence-corrected chi connectivity index (χ2v) is 13.8. The summed E-state index contributed by atoms with van der Waals surface area (Å²) in [5.41, 5.74) is 14.7. The molecular weight excluding hydrogens is 631 g/mol. The minimum absolute atomic E-state index is 0.462. The molecule has 0 N–H and O–H groups in total. The molecule has 11 rings (SSSR count). The highest BCUT2D eigenvalue weighted by atomic mass is 15.2. The lowest BCUT2D eigenvalue weighted by atomic mass is 9.67. The van der Waals surface area contributed by atoms with Crippen molar-refractivity contribution in [2.24, 2.45) is 0 Å². The van der Waals surface area contributed by atoms with Gasteiger partial charge in [-0.3, -0.25) is 0 Å². The Kier molecular flexibility index (Phi) is 6.17. The highest BCUT2D eigenvalue weighted by molar-refractivity contribution is 6.13. The summed E-state index contributed by atoms with van der Waals surface area (Å²) in [6, 6.07) is 65.9. The molecule has 52 heavy (non-hydrogen) atoms. The molecule has 0 saturated heterocycles. The molecule has 0 spiro atoms. The van der Waals surface area contributed by atoms with Crippen molar-refractivity contribution in [1.82, 2.24) is 14.6 Å². The zero-order valence-electron chi connectivity index (χ0n) is 28.2. The number of nitrogens with zero attached hydrogens (tertiary/aromatic N) is 3. The number of hydrogen-bond acceptors (Lipinski definition) is 2. The van der Waals surface area contributed by atoms with Gasteiger partial charge in [0.25, 0.3) is 0 Å². The molecule has 0 radical (unpaired) electrons. The average molecular weight is 662 g/mol. The Balaban J connectivity index is 1.14.